The van der Waals surface area contributed by atoms with Gasteiger partial charge in [0, 0.05) is 24.9 Å². The summed E-state index contributed by atoms with van der Waals surface area (Å²) < 4.78 is 1.85. The van der Waals surface area contributed by atoms with E-state index in [0.29, 0.717) is 18.2 Å². The number of fused-ring (bicyclic) bond motifs is 1. The van der Waals surface area contributed by atoms with Gasteiger partial charge in [-0.15, -0.1) is 5.10 Å². The van der Waals surface area contributed by atoms with Crippen molar-refractivity contribution < 1.29 is 4.79 Å². The topological polar surface area (TPSA) is 79.7 Å². The van der Waals surface area contributed by atoms with Gasteiger partial charge in [0.25, 0.3) is 5.91 Å². The minimum Gasteiger partial charge on any atom is -0.342 e. The molecule has 1 amide bonds. The van der Waals surface area contributed by atoms with Gasteiger partial charge in [-0.05, 0) is 49.9 Å². The van der Waals surface area contributed by atoms with Crippen molar-refractivity contribution in [3.63, 3.8) is 0 Å². The molecule has 1 aliphatic heterocycles. The number of benzene rings is 2. The Hall–Kier alpha value is -3.48. The molecule has 2 aliphatic rings. The zero-order chi connectivity index (χ0) is 20.8. The van der Waals surface area contributed by atoms with Crippen LogP contribution < -0.4 is 0 Å². The van der Waals surface area contributed by atoms with Crippen molar-refractivity contribution in [2.24, 2.45) is 0 Å². The minimum absolute atomic E-state index is 0.00936. The SMILES string of the molecule is O=C(c1nnn(-c2ccccc2)c1C1CC1)N1CCCC(c2nc3ccccc3[nH]2)C1. The van der Waals surface area contributed by atoms with Crippen molar-refractivity contribution >= 4 is 16.9 Å². The number of carbonyl (C=O) groups is 1. The van der Waals surface area contributed by atoms with Gasteiger partial charge in [0.15, 0.2) is 5.69 Å². The molecular weight excluding hydrogens is 388 g/mol. The lowest BCUT2D eigenvalue weighted by atomic mass is 9.97. The Labute approximate surface area is 180 Å². The zero-order valence-corrected chi connectivity index (χ0v) is 17.2. The van der Waals surface area contributed by atoms with E-state index in [2.05, 4.69) is 15.3 Å². The lowest BCUT2D eigenvalue weighted by Crippen LogP contribution is -2.40. The first-order valence-corrected chi connectivity index (χ1v) is 11.0. The van der Waals surface area contributed by atoms with Gasteiger partial charge >= 0.3 is 0 Å². The van der Waals surface area contributed by atoms with Crippen LogP contribution in [0.4, 0.5) is 0 Å². The number of likely N-dealkylation sites (tertiary alicyclic amines) is 1. The standard InChI is InChI=1S/C24H24N6O/c31-24(21-22(16-12-13-16)30(28-27-21)18-8-2-1-3-9-18)29-14-6-7-17(15-29)23-25-19-10-4-5-11-20(19)26-23/h1-5,8-11,16-17H,6-7,12-15H2,(H,25,26). The molecule has 0 radical (unpaired) electrons. The molecule has 2 fully saturated rings. The summed E-state index contributed by atoms with van der Waals surface area (Å²) in [6.07, 6.45) is 4.15. The maximum atomic E-state index is 13.5. The predicted octanol–water partition coefficient (Wildman–Crippen LogP) is 4.04. The van der Waals surface area contributed by atoms with Crippen LogP contribution in [0.5, 0.6) is 0 Å². The summed E-state index contributed by atoms with van der Waals surface area (Å²) in [6, 6.07) is 18.0. The number of nitrogens with one attached hydrogen (secondary N) is 1. The molecule has 156 valence electrons. The fourth-order valence-corrected chi connectivity index (χ4v) is 4.62. The second kappa shape index (κ2) is 7.34. The summed E-state index contributed by atoms with van der Waals surface area (Å²) in [6.45, 7) is 1.40. The molecule has 1 saturated heterocycles. The smallest absolute Gasteiger partial charge is 0.276 e. The Morgan fingerprint density at radius 1 is 0.968 bits per heavy atom. The van der Waals surface area contributed by atoms with Crippen LogP contribution >= 0.6 is 0 Å². The Bertz CT molecular complexity index is 1210. The molecule has 1 N–H and O–H groups in total. The third kappa shape index (κ3) is 3.30. The number of rotatable bonds is 4. The van der Waals surface area contributed by atoms with E-state index >= 15 is 0 Å². The highest BCUT2D eigenvalue weighted by atomic mass is 16.2. The van der Waals surface area contributed by atoms with E-state index in [1.54, 1.807) is 0 Å². The number of imidazole rings is 1. The van der Waals surface area contributed by atoms with E-state index in [4.69, 9.17) is 4.98 Å². The van der Waals surface area contributed by atoms with Crippen LogP contribution in [0.15, 0.2) is 54.6 Å². The highest BCUT2D eigenvalue weighted by molar-refractivity contribution is 5.94. The first kappa shape index (κ1) is 18.3. The molecule has 1 atom stereocenters. The van der Waals surface area contributed by atoms with E-state index in [1.807, 2.05) is 64.2 Å². The van der Waals surface area contributed by atoms with Crippen LogP contribution in [0.25, 0.3) is 16.7 Å². The van der Waals surface area contributed by atoms with Gasteiger partial charge < -0.3 is 9.88 Å². The van der Waals surface area contributed by atoms with Crippen molar-refractivity contribution in [2.45, 2.75) is 37.5 Å². The lowest BCUT2D eigenvalue weighted by molar-refractivity contribution is 0.0697. The van der Waals surface area contributed by atoms with Crippen LogP contribution in [0.3, 0.4) is 0 Å². The van der Waals surface area contributed by atoms with Crippen LogP contribution in [-0.4, -0.2) is 48.9 Å². The van der Waals surface area contributed by atoms with Gasteiger partial charge in [-0.2, -0.15) is 0 Å². The number of aromatic nitrogens is 5. The van der Waals surface area contributed by atoms with Crippen molar-refractivity contribution in [2.75, 3.05) is 13.1 Å². The Morgan fingerprint density at radius 2 is 1.77 bits per heavy atom. The molecule has 31 heavy (non-hydrogen) atoms. The molecular formula is C24H24N6O. The largest absolute Gasteiger partial charge is 0.342 e. The highest BCUT2D eigenvalue weighted by Crippen LogP contribution is 2.42. The first-order valence-electron chi connectivity index (χ1n) is 11.0. The molecule has 2 aromatic carbocycles. The summed E-state index contributed by atoms with van der Waals surface area (Å²) in [5.74, 6) is 1.53. The number of H-pyrrole nitrogens is 1. The van der Waals surface area contributed by atoms with Gasteiger partial charge in [0.05, 0.1) is 22.4 Å². The van der Waals surface area contributed by atoms with E-state index < -0.39 is 0 Å². The molecule has 1 aliphatic carbocycles. The van der Waals surface area contributed by atoms with Crippen LogP contribution in [0, 0.1) is 0 Å². The monoisotopic (exact) mass is 412 g/mol. The number of hydrogen-bond acceptors (Lipinski definition) is 4. The second-order valence-corrected chi connectivity index (χ2v) is 8.57. The molecule has 6 rings (SSSR count). The van der Waals surface area contributed by atoms with Crippen LogP contribution in [0.1, 0.15) is 59.5 Å². The Balaban J connectivity index is 1.29. The molecule has 3 heterocycles. The van der Waals surface area contributed by atoms with Gasteiger partial charge in [-0.3, -0.25) is 4.79 Å². The quantitative estimate of drug-likeness (QED) is 0.549. The molecule has 2 aromatic heterocycles. The molecule has 0 bridgehead atoms. The van der Waals surface area contributed by atoms with Crippen molar-refractivity contribution in [1.29, 1.82) is 0 Å². The third-order valence-electron chi connectivity index (χ3n) is 6.38. The van der Waals surface area contributed by atoms with Gasteiger partial charge in [-0.1, -0.05) is 35.5 Å². The zero-order valence-electron chi connectivity index (χ0n) is 17.2. The summed E-state index contributed by atoms with van der Waals surface area (Å²) in [5, 5.41) is 8.73. The number of para-hydroxylation sites is 3. The minimum atomic E-state index is -0.00936. The van der Waals surface area contributed by atoms with Crippen molar-refractivity contribution in [3.8, 4) is 5.69 Å². The molecule has 7 heteroatoms. The maximum absolute atomic E-state index is 13.5. The predicted molar refractivity (Wildman–Crippen MR) is 117 cm³/mol. The van der Waals surface area contributed by atoms with Gasteiger partial charge in [0.2, 0.25) is 0 Å². The number of carbonyl (C=O) groups excluding carboxylic acids is 1. The fourth-order valence-electron chi connectivity index (χ4n) is 4.62. The summed E-state index contributed by atoms with van der Waals surface area (Å²) in [5.41, 5.74) is 4.44. The van der Waals surface area contributed by atoms with E-state index in [-0.39, 0.29) is 11.8 Å². The maximum Gasteiger partial charge on any atom is 0.276 e. The van der Waals surface area contributed by atoms with Crippen LogP contribution in [0.2, 0.25) is 0 Å². The van der Waals surface area contributed by atoms with Crippen molar-refractivity contribution in [3.05, 3.63) is 71.8 Å². The molecule has 1 unspecified atom stereocenters. The normalized spacial score (nSPS) is 19.1. The van der Waals surface area contributed by atoms with E-state index in [9.17, 15) is 4.79 Å². The fraction of sp³-hybridized carbons (Fsp3) is 0.333. The molecule has 4 aromatic rings. The van der Waals surface area contributed by atoms with Gasteiger partial charge in [-0.25, -0.2) is 9.67 Å². The molecule has 1 saturated carbocycles. The number of hydrogen-bond donors (Lipinski definition) is 1. The average Bonchev–Trinajstić information content (AvgIpc) is 3.41. The number of piperidine rings is 1. The second-order valence-electron chi connectivity index (χ2n) is 8.57. The average molecular weight is 412 g/mol. The van der Waals surface area contributed by atoms with E-state index in [0.717, 1.165) is 60.5 Å². The Morgan fingerprint density at radius 3 is 2.58 bits per heavy atom. The van der Waals surface area contributed by atoms with Crippen molar-refractivity contribution in [1.82, 2.24) is 29.9 Å². The van der Waals surface area contributed by atoms with E-state index in [1.165, 1.54) is 0 Å². The highest BCUT2D eigenvalue weighted by Gasteiger charge is 2.37. The number of amides is 1. The number of nitrogens with zero attached hydrogens (tertiary/aromatic N) is 5. The molecule has 7 nitrogen and oxygen atoms in total. The van der Waals surface area contributed by atoms with Crippen LogP contribution in [-0.2, 0) is 0 Å². The summed E-state index contributed by atoms with van der Waals surface area (Å²) >= 11 is 0. The van der Waals surface area contributed by atoms with Gasteiger partial charge in [0.1, 0.15) is 5.82 Å². The lowest BCUT2D eigenvalue weighted by Gasteiger charge is -2.31. The Kier molecular flexibility index (Phi) is 4.33. The third-order valence-corrected chi connectivity index (χ3v) is 6.38. The number of aromatic amines is 1. The summed E-state index contributed by atoms with van der Waals surface area (Å²) in [4.78, 5) is 23.7. The first-order chi connectivity index (χ1) is 15.3. The molecule has 0 spiro atoms. The summed E-state index contributed by atoms with van der Waals surface area (Å²) in [7, 11) is 0.